The van der Waals surface area contributed by atoms with Crippen molar-refractivity contribution in [3.8, 4) is 23.0 Å². The molecule has 3 aromatic carbocycles. The molecule has 1 atom stereocenters. The molecule has 0 unspecified atom stereocenters. The number of benzene rings is 3. The van der Waals surface area contributed by atoms with Gasteiger partial charge in [-0.15, -0.1) is 0 Å². The van der Waals surface area contributed by atoms with Gasteiger partial charge in [0.2, 0.25) is 5.76 Å². The molecule has 0 bridgehead atoms. The summed E-state index contributed by atoms with van der Waals surface area (Å²) in [6.07, 6.45) is -1.06. The van der Waals surface area contributed by atoms with E-state index in [2.05, 4.69) is 22.3 Å². The van der Waals surface area contributed by atoms with Crippen LogP contribution >= 0.6 is 0 Å². The fourth-order valence-corrected chi connectivity index (χ4v) is 3.37. The number of rotatable bonds is 5. The Balaban J connectivity index is 1.44. The van der Waals surface area contributed by atoms with Crippen LogP contribution in [0.2, 0.25) is 0 Å². The number of nitrogens with zero attached hydrogens (tertiary/aromatic N) is 1. The summed E-state index contributed by atoms with van der Waals surface area (Å²) in [6.45, 7) is 3.50. The Hall–Kier alpha value is -4.83. The zero-order chi connectivity index (χ0) is 24.8. The van der Waals surface area contributed by atoms with Crippen molar-refractivity contribution in [3.63, 3.8) is 0 Å². The molecule has 0 fully saturated rings. The van der Waals surface area contributed by atoms with Gasteiger partial charge in [-0.25, -0.2) is 9.59 Å². The number of carbonyl (C=O) groups excluding carboxylic acids is 1. The molecule has 4 rings (SSSR count). The highest BCUT2D eigenvalue weighted by Gasteiger charge is 2.17. The molecular weight excluding hydrogens is 444 g/mol. The van der Waals surface area contributed by atoms with Gasteiger partial charge in [0, 0.05) is 5.56 Å². The van der Waals surface area contributed by atoms with Crippen LogP contribution in [0.1, 0.15) is 46.0 Å². The first-order chi connectivity index (χ1) is 16.9. The molecule has 7 heteroatoms. The number of aromatic nitrogens is 1. The fourth-order valence-electron chi connectivity index (χ4n) is 3.37. The Labute approximate surface area is 202 Å². The number of nitrogens with one attached hydrogen (secondary N) is 1. The Morgan fingerprint density at radius 3 is 2.20 bits per heavy atom. The first kappa shape index (κ1) is 23.3. The summed E-state index contributed by atoms with van der Waals surface area (Å²) in [4.78, 5) is 23.4. The van der Waals surface area contributed by atoms with Crippen LogP contribution < -0.4 is 5.32 Å². The van der Waals surface area contributed by atoms with E-state index >= 15 is 0 Å². The van der Waals surface area contributed by atoms with E-state index in [1.165, 1.54) is 0 Å². The molecule has 7 nitrogen and oxygen atoms in total. The largest absolute Gasteiger partial charge is 0.478 e. The average Bonchev–Trinajstić information content (AvgIpc) is 3.22. The van der Waals surface area contributed by atoms with E-state index in [4.69, 9.17) is 14.4 Å². The second-order valence-electron chi connectivity index (χ2n) is 7.77. The molecule has 0 saturated carbocycles. The third kappa shape index (κ3) is 5.75. The van der Waals surface area contributed by atoms with E-state index < -0.39 is 18.2 Å². The summed E-state index contributed by atoms with van der Waals surface area (Å²) < 4.78 is 10.7. The Kier molecular flexibility index (Phi) is 6.94. The summed E-state index contributed by atoms with van der Waals surface area (Å²) in [7, 11) is 0. The van der Waals surface area contributed by atoms with E-state index in [-0.39, 0.29) is 11.3 Å². The minimum atomic E-state index is -0.961. The number of amides is 1. The first-order valence-electron chi connectivity index (χ1n) is 10.9. The molecule has 174 valence electrons. The van der Waals surface area contributed by atoms with Crippen molar-refractivity contribution in [2.75, 3.05) is 5.32 Å². The minimum absolute atomic E-state index is 0.222. The van der Waals surface area contributed by atoms with Crippen LogP contribution in [0.5, 0.6) is 0 Å². The topological polar surface area (TPSA) is 102 Å². The van der Waals surface area contributed by atoms with Gasteiger partial charge < -0.3 is 14.4 Å². The maximum absolute atomic E-state index is 12.4. The molecule has 0 spiro atoms. The maximum Gasteiger partial charge on any atom is 0.412 e. The zero-order valence-electron chi connectivity index (χ0n) is 19.1. The number of hydrogen-bond acceptors (Lipinski definition) is 5. The van der Waals surface area contributed by atoms with Gasteiger partial charge in [0.1, 0.15) is 17.5 Å². The van der Waals surface area contributed by atoms with Crippen molar-refractivity contribution >= 4 is 17.7 Å². The molecule has 0 saturated heterocycles. The predicted molar refractivity (Wildman–Crippen MR) is 131 cm³/mol. The van der Waals surface area contributed by atoms with E-state index in [0.29, 0.717) is 11.4 Å². The van der Waals surface area contributed by atoms with Crippen LogP contribution in [0.15, 0.2) is 83.4 Å². The molecule has 4 aromatic rings. The first-order valence-corrected chi connectivity index (χ1v) is 10.9. The number of ether oxygens (including phenoxy) is 1. The van der Waals surface area contributed by atoms with Crippen molar-refractivity contribution in [3.05, 3.63) is 107 Å². The molecule has 0 aliphatic rings. The average molecular weight is 466 g/mol. The van der Waals surface area contributed by atoms with Gasteiger partial charge in [-0.3, -0.25) is 5.32 Å². The second-order valence-corrected chi connectivity index (χ2v) is 7.77. The Morgan fingerprint density at radius 2 is 1.57 bits per heavy atom. The van der Waals surface area contributed by atoms with E-state index in [1.54, 1.807) is 38.1 Å². The smallest absolute Gasteiger partial charge is 0.412 e. The van der Waals surface area contributed by atoms with E-state index in [0.717, 1.165) is 22.3 Å². The van der Waals surface area contributed by atoms with Gasteiger partial charge in [-0.2, -0.15) is 0 Å². The monoisotopic (exact) mass is 466 g/mol. The van der Waals surface area contributed by atoms with Crippen LogP contribution in [0.25, 0.3) is 11.1 Å². The van der Waals surface area contributed by atoms with Crippen LogP contribution in [0.4, 0.5) is 10.5 Å². The summed E-state index contributed by atoms with van der Waals surface area (Å²) >= 11 is 0. The number of anilines is 1. The molecular formula is C28H22N2O5. The zero-order valence-corrected chi connectivity index (χ0v) is 19.1. The minimum Gasteiger partial charge on any atom is -0.478 e. The third-order valence-corrected chi connectivity index (χ3v) is 5.31. The number of aromatic carboxylic acids is 1. The molecule has 0 aliphatic heterocycles. The number of carboxylic acids is 1. The quantitative estimate of drug-likeness (QED) is 0.347. The molecule has 2 N–H and O–H groups in total. The molecule has 1 amide bonds. The van der Waals surface area contributed by atoms with Gasteiger partial charge in [0.25, 0.3) is 0 Å². The van der Waals surface area contributed by atoms with Crippen LogP contribution in [0.3, 0.4) is 0 Å². The van der Waals surface area contributed by atoms with Crippen molar-refractivity contribution in [1.82, 2.24) is 5.16 Å². The lowest BCUT2D eigenvalue weighted by Gasteiger charge is -2.13. The lowest BCUT2D eigenvalue weighted by atomic mass is 10.0. The van der Waals surface area contributed by atoms with Crippen molar-refractivity contribution in [2.24, 2.45) is 0 Å². The standard InChI is InChI=1S/C28H22N2O5/c1-18-26(29-28(33)34-19(2)21-6-4-3-5-7-21)25(35-30-18)17-10-20-8-11-22(12-9-20)23-13-15-24(16-14-23)27(31)32/h3-9,11-16,19H,1-2H3,(H,29,33)(H,31,32)/t19-/m1/s1. The van der Waals surface area contributed by atoms with Crippen LogP contribution in [-0.4, -0.2) is 22.3 Å². The maximum atomic E-state index is 12.4. The predicted octanol–water partition coefficient (Wildman–Crippen LogP) is 6.06. The highest BCUT2D eigenvalue weighted by atomic mass is 16.6. The number of aryl methyl sites for hydroxylation is 1. The van der Waals surface area contributed by atoms with Crippen LogP contribution in [-0.2, 0) is 4.74 Å². The van der Waals surface area contributed by atoms with Gasteiger partial charge in [0.15, 0.2) is 0 Å². The highest BCUT2D eigenvalue weighted by Crippen LogP contribution is 2.23. The highest BCUT2D eigenvalue weighted by molar-refractivity contribution is 5.88. The summed E-state index contributed by atoms with van der Waals surface area (Å²) in [5.74, 6) is 5.17. The van der Waals surface area contributed by atoms with E-state index in [9.17, 15) is 9.59 Å². The summed E-state index contributed by atoms with van der Waals surface area (Å²) in [5, 5.41) is 15.6. The Bertz CT molecular complexity index is 1400. The molecule has 0 radical (unpaired) electrons. The summed E-state index contributed by atoms with van der Waals surface area (Å²) in [5.41, 5.74) is 4.52. The molecule has 1 heterocycles. The third-order valence-electron chi connectivity index (χ3n) is 5.31. The molecule has 1 aromatic heterocycles. The van der Waals surface area contributed by atoms with Crippen LogP contribution in [0, 0.1) is 18.8 Å². The number of hydrogen-bond donors (Lipinski definition) is 2. The normalized spacial score (nSPS) is 11.1. The summed E-state index contributed by atoms with van der Waals surface area (Å²) in [6, 6.07) is 23.6. The Morgan fingerprint density at radius 1 is 0.943 bits per heavy atom. The fraction of sp³-hybridized carbons (Fsp3) is 0.107. The van der Waals surface area contributed by atoms with Gasteiger partial charge in [-0.1, -0.05) is 65.7 Å². The van der Waals surface area contributed by atoms with Crippen molar-refractivity contribution in [1.29, 1.82) is 0 Å². The van der Waals surface area contributed by atoms with E-state index in [1.807, 2.05) is 54.6 Å². The second kappa shape index (κ2) is 10.4. The van der Waals surface area contributed by atoms with Gasteiger partial charge >= 0.3 is 12.1 Å². The lowest BCUT2D eigenvalue weighted by molar-refractivity contribution is 0.0696. The lowest BCUT2D eigenvalue weighted by Crippen LogP contribution is -2.16. The van der Waals surface area contributed by atoms with Crippen molar-refractivity contribution < 1.29 is 24.0 Å². The van der Waals surface area contributed by atoms with Gasteiger partial charge in [0.05, 0.1) is 5.56 Å². The number of carbonyl (C=O) groups is 2. The van der Waals surface area contributed by atoms with Gasteiger partial charge in [-0.05, 0) is 60.7 Å². The van der Waals surface area contributed by atoms with Crippen molar-refractivity contribution in [2.45, 2.75) is 20.0 Å². The molecule has 35 heavy (non-hydrogen) atoms. The number of carboxylic acid groups (broad SMARTS) is 1. The SMILES string of the molecule is Cc1noc(C#Cc2ccc(-c3ccc(C(=O)O)cc3)cc2)c1NC(=O)O[C@H](C)c1ccccc1. The molecule has 0 aliphatic carbocycles.